The van der Waals surface area contributed by atoms with Crippen molar-refractivity contribution < 1.29 is 14.4 Å². The van der Waals surface area contributed by atoms with E-state index in [4.69, 9.17) is 4.79 Å². The van der Waals surface area contributed by atoms with E-state index in [1.807, 2.05) is 41.4 Å². The average Bonchev–Trinajstić information content (AvgIpc) is 2.71. The van der Waals surface area contributed by atoms with Gasteiger partial charge in [-0.25, -0.2) is 0 Å². The van der Waals surface area contributed by atoms with Crippen molar-refractivity contribution in [1.29, 1.82) is 0 Å². The summed E-state index contributed by atoms with van der Waals surface area (Å²) in [7, 11) is 5.26. The molecule has 1 N–H and O–H groups in total. The normalized spacial score (nSPS) is 9.10. The van der Waals surface area contributed by atoms with Crippen LogP contribution in [0.2, 0.25) is 0 Å². The van der Waals surface area contributed by atoms with E-state index in [1.165, 1.54) is 0 Å². The van der Waals surface area contributed by atoms with Crippen LogP contribution in [-0.4, -0.2) is 62.6 Å². The highest BCUT2D eigenvalue weighted by molar-refractivity contribution is 6.06. The Labute approximate surface area is 176 Å². The molecule has 29 heavy (non-hydrogen) atoms. The molecule has 1 aromatic rings. The second-order valence-corrected chi connectivity index (χ2v) is 6.20. The fourth-order valence-corrected chi connectivity index (χ4v) is 3.17. The highest BCUT2D eigenvalue weighted by Gasteiger charge is 2.27. The molecule has 0 aliphatic rings. The monoisotopic (exact) mass is 403 g/mol. The fourth-order valence-electron chi connectivity index (χ4n) is 3.17. The van der Waals surface area contributed by atoms with Crippen LogP contribution < -0.4 is 5.32 Å². The molecule has 0 saturated heterocycles. The van der Waals surface area contributed by atoms with E-state index in [0.29, 0.717) is 29.8 Å². The Morgan fingerprint density at radius 3 is 1.38 bits per heavy atom. The van der Waals surface area contributed by atoms with Crippen molar-refractivity contribution in [3.8, 4) is 0 Å². The summed E-state index contributed by atoms with van der Waals surface area (Å²) >= 11 is 0. The van der Waals surface area contributed by atoms with Crippen LogP contribution in [0.1, 0.15) is 51.3 Å². The Morgan fingerprint density at radius 1 is 0.828 bits per heavy atom. The summed E-state index contributed by atoms with van der Waals surface area (Å²) in [5, 5.41) is 3.14. The molecule has 0 saturated carbocycles. The molecule has 2 amide bonds. The molecule has 0 unspecified atom stereocenters. The first-order valence-electron chi connectivity index (χ1n) is 9.55. The quantitative estimate of drug-likeness (QED) is 0.699. The van der Waals surface area contributed by atoms with Gasteiger partial charge in [-0.3, -0.25) is 9.59 Å². The van der Waals surface area contributed by atoms with Crippen molar-refractivity contribution in [2.24, 2.45) is 0 Å². The van der Waals surface area contributed by atoms with E-state index >= 15 is 0 Å². The minimum absolute atomic E-state index is 0.119. The van der Waals surface area contributed by atoms with Crippen molar-refractivity contribution in [3.05, 3.63) is 53.1 Å². The van der Waals surface area contributed by atoms with E-state index in [-0.39, 0.29) is 11.8 Å². The predicted octanol–water partition coefficient (Wildman–Crippen LogP) is 4.01. The number of benzene rings is 1. The van der Waals surface area contributed by atoms with Gasteiger partial charge in [-0.1, -0.05) is 26.0 Å². The number of rotatable bonds is 7. The van der Waals surface area contributed by atoms with Gasteiger partial charge < -0.3 is 19.9 Å². The van der Waals surface area contributed by atoms with Gasteiger partial charge in [0.25, 0.3) is 11.8 Å². The molecule has 0 spiro atoms. The minimum atomic E-state index is -0.119. The van der Waals surface area contributed by atoms with Crippen LogP contribution in [-0.2, 0) is 4.79 Å². The standard InChI is InChI=1S/C20H29N3O2.C2H6.CH2O/c1-9-11-22(7)19(24)16-13(3)17(20(25)23(8)12-10-2)15(5)18(21-6)14(16)4;2*1-2/h9-10,21H,1-2,11-12H2,3-8H3;1-2H3;1H2. The van der Waals surface area contributed by atoms with Gasteiger partial charge in [-0.05, 0) is 37.5 Å². The summed E-state index contributed by atoms with van der Waals surface area (Å²) in [6, 6.07) is 0. The Morgan fingerprint density at radius 2 is 1.14 bits per heavy atom. The van der Waals surface area contributed by atoms with Gasteiger partial charge in [0.15, 0.2) is 0 Å². The lowest BCUT2D eigenvalue weighted by molar-refractivity contribution is -0.0980. The van der Waals surface area contributed by atoms with Crippen molar-refractivity contribution in [2.75, 3.05) is 39.5 Å². The van der Waals surface area contributed by atoms with Crippen LogP contribution in [0.15, 0.2) is 25.3 Å². The average molecular weight is 404 g/mol. The van der Waals surface area contributed by atoms with Gasteiger partial charge in [-0.2, -0.15) is 0 Å². The molecule has 6 heteroatoms. The van der Waals surface area contributed by atoms with Crippen LogP contribution in [0, 0.1) is 20.8 Å². The second-order valence-electron chi connectivity index (χ2n) is 6.20. The molecule has 162 valence electrons. The second kappa shape index (κ2) is 14.2. The van der Waals surface area contributed by atoms with E-state index in [0.717, 1.165) is 16.8 Å². The lowest BCUT2D eigenvalue weighted by Crippen LogP contribution is -2.32. The SMILES string of the molecule is C=CCN(C)C(=O)c1c(C)c(NC)c(C)c(C(=O)N(C)CC=C)c1C.C=O.CC. The summed E-state index contributed by atoms with van der Waals surface area (Å²) in [5.74, 6) is -0.237. The zero-order valence-corrected chi connectivity index (χ0v) is 19.3. The number of carbonyl (C=O) groups excluding carboxylic acids is 3. The number of carbonyl (C=O) groups is 3. The van der Waals surface area contributed by atoms with Gasteiger partial charge in [0, 0.05) is 51.0 Å². The molecular formula is C23H37N3O3. The first-order chi connectivity index (χ1) is 13.7. The summed E-state index contributed by atoms with van der Waals surface area (Å²) < 4.78 is 0. The Kier molecular flexibility index (Phi) is 13.8. The van der Waals surface area contributed by atoms with E-state index in [2.05, 4.69) is 18.5 Å². The molecule has 1 rings (SSSR count). The number of nitrogens with one attached hydrogen (secondary N) is 1. The van der Waals surface area contributed by atoms with Gasteiger partial charge in [0.1, 0.15) is 6.79 Å². The lowest BCUT2D eigenvalue weighted by Gasteiger charge is -2.25. The number of hydrogen-bond donors (Lipinski definition) is 1. The number of hydrogen-bond acceptors (Lipinski definition) is 4. The third-order valence-corrected chi connectivity index (χ3v) is 4.43. The zero-order chi connectivity index (χ0) is 23.3. The molecule has 0 aliphatic carbocycles. The minimum Gasteiger partial charge on any atom is -0.388 e. The summed E-state index contributed by atoms with van der Waals surface area (Å²) in [6.07, 6.45) is 3.36. The molecule has 1 aromatic carbocycles. The molecule has 0 fully saturated rings. The number of anilines is 1. The van der Waals surface area contributed by atoms with Gasteiger partial charge in [-0.15, -0.1) is 13.2 Å². The highest BCUT2D eigenvalue weighted by Crippen LogP contribution is 2.32. The molecule has 0 heterocycles. The maximum absolute atomic E-state index is 12.9. The first-order valence-corrected chi connectivity index (χ1v) is 9.55. The Hall–Kier alpha value is -2.89. The van der Waals surface area contributed by atoms with Crippen LogP contribution in [0.5, 0.6) is 0 Å². The summed E-state index contributed by atoms with van der Waals surface area (Å²) in [5.41, 5.74) is 4.35. The van der Waals surface area contributed by atoms with E-state index in [1.54, 1.807) is 43.1 Å². The number of likely N-dealkylation sites (N-methyl/N-ethyl adjacent to an activating group) is 2. The molecular weight excluding hydrogens is 366 g/mol. The van der Waals surface area contributed by atoms with Crippen LogP contribution in [0.3, 0.4) is 0 Å². The van der Waals surface area contributed by atoms with Gasteiger partial charge in [0.05, 0.1) is 0 Å². The van der Waals surface area contributed by atoms with Crippen LogP contribution >= 0.6 is 0 Å². The van der Waals surface area contributed by atoms with Crippen molar-refractivity contribution in [3.63, 3.8) is 0 Å². The highest BCUT2D eigenvalue weighted by atomic mass is 16.2. The Bertz CT molecular complexity index is 672. The number of nitrogens with zero attached hydrogens (tertiary/aromatic N) is 2. The van der Waals surface area contributed by atoms with Crippen molar-refractivity contribution >= 4 is 24.3 Å². The van der Waals surface area contributed by atoms with Gasteiger partial charge in [0.2, 0.25) is 0 Å². The van der Waals surface area contributed by atoms with Crippen molar-refractivity contribution in [1.82, 2.24) is 9.80 Å². The van der Waals surface area contributed by atoms with Crippen molar-refractivity contribution in [2.45, 2.75) is 34.6 Å². The maximum atomic E-state index is 12.9. The van der Waals surface area contributed by atoms with E-state index in [9.17, 15) is 9.59 Å². The molecule has 0 radical (unpaired) electrons. The molecule has 0 atom stereocenters. The smallest absolute Gasteiger partial charge is 0.254 e. The fraction of sp³-hybridized carbons (Fsp3) is 0.435. The largest absolute Gasteiger partial charge is 0.388 e. The summed E-state index contributed by atoms with van der Waals surface area (Å²) in [4.78, 5) is 37.1. The topological polar surface area (TPSA) is 69.7 Å². The third kappa shape index (κ3) is 6.59. The first kappa shape index (κ1) is 28.3. The van der Waals surface area contributed by atoms with Crippen LogP contribution in [0.25, 0.3) is 0 Å². The van der Waals surface area contributed by atoms with E-state index < -0.39 is 0 Å². The Balaban J connectivity index is 0. The third-order valence-electron chi connectivity index (χ3n) is 4.43. The molecule has 0 aliphatic heterocycles. The van der Waals surface area contributed by atoms with Gasteiger partial charge >= 0.3 is 0 Å². The predicted molar refractivity (Wildman–Crippen MR) is 123 cm³/mol. The number of amides is 2. The van der Waals surface area contributed by atoms with Crippen LogP contribution in [0.4, 0.5) is 5.69 Å². The summed E-state index contributed by atoms with van der Waals surface area (Å²) in [6.45, 7) is 19.9. The lowest BCUT2D eigenvalue weighted by atomic mass is 9.89. The molecule has 6 nitrogen and oxygen atoms in total. The maximum Gasteiger partial charge on any atom is 0.254 e. The molecule has 0 bridgehead atoms. The molecule has 0 aromatic heterocycles. The zero-order valence-electron chi connectivity index (χ0n) is 19.3.